The highest BCUT2D eigenvalue weighted by atomic mass is 19.4. The van der Waals surface area contributed by atoms with E-state index in [0.29, 0.717) is 12.5 Å². The van der Waals surface area contributed by atoms with Gasteiger partial charge in [-0.15, -0.1) is 0 Å². The molecule has 0 spiro atoms. The van der Waals surface area contributed by atoms with Crippen LogP contribution in [0.2, 0.25) is 0 Å². The van der Waals surface area contributed by atoms with Crippen molar-refractivity contribution in [1.29, 1.82) is 0 Å². The number of benzene rings is 1. The van der Waals surface area contributed by atoms with E-state index in [0.717, 1.165) is 25.1 Å². The molecule has 132 valence electrons. The van der Waals surface area contributed by atoms with Crippen LogP contribution in [0.15, 0.2) is 28.8 Å². The molecule has 0 fully saturated rings. The van der Waals surface area contributed by atoms with E-state index in [-0.39, 0.29) is 17.4 Å². The molecule has 0 bridgehead atoms. The average molecular weight is 343 g/mol. The summed E-state index contributed by atoms with van der Waals surface area (Å²) in [5, 5.41) is 3.80. The minimum atomic E-state index is -4.41. The molecule has 0 aliphatic carbocycles. The Labute approximate surface area is 138 Å². The van der Waals surface area contributed by atoms with E-state index in [1.807, 2.05) is 18.9 Å². The molecule has 1 aromatic heterocycles. The highest BCUT2D eigenvalue weighted by Gasteiger charge is 2.31. The second-order valence-electron chi connectivity index (χ2n) is 5.54. The van der Waals surface area contributed by atoms with Gasteiger partial charge in [0.05, 0.1) is 11.6 Å². The third-order valence-corrected chi connectivity index (χ3v) is 3.77. The summed E-state index contributed by atoms with van der Waals surface area (Å²) in [6.07, 6.45) is -3.55. The van der Waals surface area contributed by atoms with E-state index in [9.17, 15) is 13.2 Å². The van der Waals surface area contributed by atoms with Gasteiger partial charge in [-0.1, -0.05) is 17.3 Å². The van der Waals surface area contributed by atoms with Crippen molar-refractivity contribution in [3.63, 3.8) is 0 Å². The highest BCUT2D eigenvalue weighted by molar-refractivity contribution is 5.55. The van der Waals surface area contributed by atoms with Crippen molar-refractivity contribution in [1.82, 2.24) is 15.0 Å². The fraction of sp³-hybridized carbons (Fsp3) is 0.500. The molecule has 0 aliphatic heterocycles. The lowest BCUT2D eigenvalue weighted by Gasteiger charge is -2.21. The Balaban J connectivity index is 2.13. The fourth-order valence-corrected chi connectivity index (χ4v) is 2.20. The Hall–Kier alpha value is -1.93. The smallest absolute Gasteiger partial charge is 0.385 e. The lowest BCUT2D eigenvalue weighted by molar-refractivity contribution is -0.137. The van der Waals surface area contributed by atoms with Crippen molar-refractivity contribution >= 4 is 0 Å². The molecule has 5 nitrogen and oxygen atoms in total. The molecule has 0 radical (unpaired) electrons. The van der Waals surface area contributed by atoms with Gasteiger partial charge in [-0.3, -0.25) is 4.90 Å². The maximum absolute atomic E-state index is 12.8. The number of nitrogens with zero attached hydrogens (tertiary/aromatic N) is 3. The highest BCUT2D eigenvalue weighted by Crippen LogP contribution is 2.31. The van der Waals surface area contributed by atoms with Gasteiger partial charge in [0.2, 0.25) is 11.7 Å². The normalized spacial score (nSPS) is 13.5. The van der Waals surface area contributed by atoms with Crippen molar-refractivity contribution in [2.24, 2.45) is 0 Å². The van der Waals surface area contributed by atoms with Crippen LogP contribution in [0.5, 0.6) is 0 Å². The first kappa shape index (κ1) is 18.4. The zero-order chi connectivity index (χ0) is 17.7. The number of ether oxygens (including phenoxy) is 1. The topological polar surface area (TPSA) is 51.4 Å². The van der Waals surface area contributed by atoms with Gasteiger partial charge in [0.25, 0.3) is 0 Å². The molecule has 2 aromatic rings. The summed E-state index contributed by atoms with van der Waals surface area (Å²) in [6.45, 7) is 3.32. The maximum atomic E-state index is 12.8. The zero-order valence-corrected chi connectivity index (χ0v) is 13.8. The molecule has 1 aromatic carbocycles. The second-order valence-corrected chi connectivity index (χ2v) is 5.54. The molecule has 1 unspecified atom stereocenters. The Morgan fingerprint density at radius 1 is 1.33 bits per heavy atom. The standard InChI is InChI=1S/C16H20F3N3O2/c1-11(22(2)8-5-9-23-3)15-20-14(21-24-15)12-6-4-7-13(10-12)16(17,18)19/h4,6-7,10-11H,5,8-9H2,1-3H3. The molecule has 1 heterocycles. The predicted octanol–water partition coefficient (Wildman–Crippen LogP) is 3.78. The molecule has 8 heteroatoms. The molecular weight excluding hydrogens is 323 g/mol. The number of halogens is 3. The van der Waals surface area contributed by atoms with Crippen LogP contribution in [-0.4, -0.2) is 42.3 Å². The van der Waals surface area contributed by atoms with Gasteiger partial charge in [-0.05, 0) is 32.5 Å². The number of alkyl halides is 3. The van der Waals surface area contributed by atoms with Crippen LogP contribution in [0.3, 0.4) is 0 Å². The summed E-state index contributed by atoms with van der Waals surface area (Å²) in [6, 6.07) is 4.73. The summed E-state index contributed by atoms with van der Waals surface area (Å²) < 4.78 is 48.6. The van der Waals surface area contributed by atoms with Crippen LogP contribution < -0.4 is 0 Å². The maximum Gasteiger partial charge on any atom is 0.416 e. The number of rotatable bonds is 7. The van der Waals surface area contributed by atoms with E-state index < -0.39 is 11.7 Å². The average Bonchev–Trinajstić information content (AvgIpc) is 3.03. The summed E-state index contributed by atoms with van der Waals surface area (Å²) >= 11 is 0. The van der Waals surface area contributed by atoms with Crippen LogP contribution in [0.4, 0.5) is 13.2 Å². The van der Waals surface area contributed by atoms with E-state index in [4.69, 9.17) is 9.26 Å². The summed E-state index contributed by atoms with van der Waals surface area (Å²) in [4.78, 5) is 6.25. The Bertz CT molecular complexity index is 658. The van der Waals surface area contributed by atoms with Gasteiger partial charge in [0.1, 0.15) is 0 Å². The summed E-state index contributed by atoms with van der Waals surface area (Å²) in [5.74, 6) is 0.510. The molecule has 0 saturated carbocycles. The Kier molecular flexibility index (Phi) is 5.95. The van der Waals surface area contributed by atoms with E-state index in [1.54, 1.807) is 7.11 Å². The van der Waals surface area contributed by atoms with Crippen LogP contribution >= 0.6 is 0 Å². The zero-order valence-electron chi connectivity index (χ0n) is 13.8. The predicted molar refractivity (Wildman–Crippen MR) is 82.3 cm³/mol. The number of aromatic nitrogens is 2. The van der Waals surface area contributed by atoms with Crippen molar-refractivity contribution in [2.45, 2.75) is 25.6 Å². The molecular formula is C16H20F3N3O2. The second kappa shape index (κ2) is 7.76. The van der Waals surface area contributed by atoms with Crippen molar-refractivity contribution in [3.05, 3.63) is 35.7 Å². The molecule has 1 atom stereocenters. The van der Waals surface area contributed by atoms with Crippen LogP contribution in [-0.2, 0) is 10.9 Å². The first-order valence-electron chi connectivity index (χ1n) is 7.53. The first-order valence-corrected chi connectivity index (χ1v) is 7.53. The van der Waals surface area contributed by atoms with Gasteiger partial charge in [0, 0.05) is 25.8 Å². The molecule has 24 heavy (non-hydrogen) atoms. The lowest BCUT2D eigenvalue weighted by atomic mass is 10.1. The third kappa shape index (κ3) is 4.55. The van der Waals surface area contributed by atoms with Gasteiger partial charge in [-0.25, -0.2) is 0 Å². The van der Waals surface area contributed by atoms with Crippen molar-refractivity contribution in [3.8, 4) is 11.4 Å². The van der Waals surface area contributed by atoms with Gasteiger partial charge < -0.3 is 9.26 Å². The Morgan fingerprint density at radius 3 is 2.75 bits per heavy atom. The quantitative estimate of drug-likeness (QED) is 0.716. The SMILES string of the molecule is COCCCN(C)C(C)c1nc(-c2cccc(C(F)(F)F)c2)no1. The van der Waals surface area contributed by atoms with Crippen molar-refractivity contribution in [2.75, 3.05) is 27.3 Å². The van der Waals surface area contributed by atoms with E-state index in [2.05, 4.69) is 10.1 Å². The minimum absolute atomic E-state index is 0.145. The van der Waals surface area contributed by atoms with Crippen molar-refractivity contribution < 1.29 is 22.4 Å². The van der Waals surface area contributed by atoms with Gasteiger partial charge in [0.15, 0.2) is 0 Å². The number of hydrogen-bond donors (Lipinski definition) is 0. The van der Waals surface area contributed by atoms with Crippen LogP contribution in [0.1, 0.15) is 30.8 Å². The summed E-state index contributed by atoms with van der Waals surface area (Å²) in [5.41, 5.74) is -0.467. The van der Waals surface area contributed by atoms with Crippen LogP contribution in [0.25, 0.3) is 11.4 Å². The van der Waals surface area contributed by atoms with Gasteiger partial charge in [-0.2, -0.15) is 18.2 Å². The monoisotopic (exact) mass is 343 g/mol. The first-order chi connectivity index (χ1) is 11.3. The fourth-order valence-electron chi connectivity index (χ4n) is 2.20. The third-order valence-electron chi connectivity index (χ3n) is 3.77. The van der Waals surface area contributed by atoms with Gasteiger partial charge >= 0.3 is 6.18 Å². The summed E-state index contributed by atoms with van der Waals surface area (Å²) in [7, 11) is 3.55. The molecule has 0 saturated heterocycles. The van der Waals surface area contributed by atoms with Crippen LogP contribution in [0, 0.1) is 0 Å². The Morgan fingerprint density at radius 2 is 2.08 bits per heavy atom. The largest absolute Gasteiger partial charge is 0.416 e. The minimum Gasteiger partial charge on any atom is -0.385 e. The molecule has 0 N–H and O–H groups in total. The van der Waals surface area contributed by atoms with E-state index >= 15 is 0 Å². The molecule has 0 amide bonds. The lowest BCUT2D eigenvalue weighted by Crippen LogP contribution is -2.24. The number of hydrogen-bond acceptors (Lipinski definition) is 5. The molecule has 0 aliphatic rings. The van der Waals surface area contributed by atoms with E-state index in [1.165, 1.54) is 12.1 Å². The number of methoxy groups -OCH3 is 1. The molecule has 2 rings (SSSR count).